The molecule has 2 aromatic heterocycles. The van der Waals surface area contributed by atoms with E-state index in [0.29, 0.717) is 18.7 Å². The van der Waals surface area contributed by atoms with E-state index >= 15 is 0 Å². The molecule has 0 radical (unpaired) electrons. The monoisotopic (exact) mass is 449 g/mol. The van der Waals surface area contributed by atoms with Crippen LogP contribution in [0.3, 0.4) is 0 Å². The lowest BCUT2D eigenvalue weighted by molar-refractivity contribution is 0.0998. The van der Waals surface area contributed by atoms with E-state index in [0.717, 1.165) is 16.7 Å². The van der Waals surface area contributed by atoms with Crippen molar-refractivity contribution in [2.75, 3.05) is 5.32 Å². The molecule has 0 unspecified atom stereocenters. The van der Waals surface area contributed by atoms with Crippen molar-refractivity contribution in [3.8, 4) is 11.8 Å². The number of nitrogens with one attached hydrogen (secondary N) is 2. The number of amides is 2. The molecule has 2 amide bonds. The highest BCUT2D eigenvalue weighted by Crippen LogP contribution is 2.34. The largest absolute Gasteiger partial charge is 0.465 e. The first-order valence-corrected chi connectivity index (χ1v) is 10.4. The predicted molar refractivity (Wildman–Crippen MR) is 120 cm³/mol. The molecule has 2 heterocycles. The third-order valence-electron chi connectivity index (χ3n) is 5.19. The summed E-state index contributed by atoms with van der Waals surface area (Å²) in [6, 6.07) is 11.2. The second-order valence-electron chi connectivity index (χ2n) is 7.52. The Morgan fingerprint density at radius 2 is 1.88 bits per heavy atom. The van der Waals surface area contributed by atoms with Crippen LogP contribution in [0.4, 0.5) is 10.6 Å². The molecule has 1 fully saturated rings. The Balaban J connectivity index is 1.46. The number of pyridine rings is 1. The molecule has 9 heteroatoms. The zero-order chi connectivity index (χ0) is 22.7. The molecule has 1 aliphatic carbocycles. The molecule has 8 nitrogen and oxygen atoms in total. The number of rotatable bonds is 4. The molecule has 3 aromatic rings. The number of hydrogen-bond acceptors (Lipinski definition) is 4. The number of aryl methyl sites for hydroxylation is 1. The van der Waals surface area contributed by atoms with Crippen LogP contribution >= 0.6 is 11.6 Å². The normalized spacial score (nSPS) is 16.9. The van der Waals surface area contributed by atoms with Crippen LogP contribution in [0.25, 0.3) is 0 Å². The SMILES string of the molecule is Cc1cc(C#Cc2ccccc2)cnc1NC(=O)c1c(Cl)cnn1C1CC(NC(=O)O)C1. The van der Waals surface area contributed by atoms with Crippen LogP contribution in [0.5, 0.6) is 0 Å². The first-order valence-electron chi connectivity index (χ1n) is 9.98. The van der Waals surface area contributed by atoms with Crippen molar-refractivity contribution in [2.45, 2.75) is 31.8 Å². The van der Waals surface area contributed by atoms with Crippen LogP contribution in [-0.2, 0) is 0 Å². The molecule has 32 heavy (non-hydrogen) atoms. The van der Waals surface area contributed by atoms with Gasteiger partial charge in [0.2, 0.25) is 0 Å². The van der Waals surface area contributed by atoms with E-state index in [4.69, 9.17) is 16.7 Å². The van der Waals surface area contributed by atoms with Crippen molar-refractivity contribution in [1.29, 1.82) is 0 Å². The topological polar surface area (TPSA) is 109 Å². The van der Waals surface area contributed by atoms with Gasteiger partial charge in [-0.1, -0.05) is 41.6 Å². The number of carbonyl (C=O) groups is 2. The number of anilines is 1. The van der Waals surface area contributed by atoms with Gasteiger partial charge in [0.1, 0.15) is 11.5 Å². The summed E-state index contributed by atoms with van der Waals surface area (Å²) in [5, 5.41) is 18.5. The Kier molecular flexibility index (Phi) is 6.10. The number of carbonyl (C=O) groups excluding carboxylic acids is 1. The van der Waals surface area contributed by atoms with Gasteiger partial charge in [0.25, 0.3) is 5.91 Å². The smallest absolute Gasteiger partial charge is 0.404 e. The fourth-order valence-electron chi connectivity index (χ4n) is 3.52. The number of hydrogen-bond donors (Lipinski definition) is 3. The molecule has 1 aromatic carbocycles. The molecular formula is C23H20ClN5O3. The minimum absolute atomic E-state index is 0.107. The molecule has 0 saturated heterocycles. The second kappa shape index (κ2) is 9.12. The van der Waals surface area contributed by atoms with Crippen LogP contribution < -0.4 is 10.6 Å². The van der Waals surface area contributed by atoms with Gasteiger partial charge in [-0.15, -0.1) is 0 Å². The van der Waals surface area contributed by atoms with Gasteiger partial charge < -0.3 is 15.7 Å². The Hall–Kier alpha value is -3.83. The Labute approximate surface area is 189 Å². The van der Waals surface area contributed by atoms with E-state index in [1.807, 2.05) is 43.3 Å². The summed E-state index contributed by atoms with van der Waals surface area (Å²) >= 11 is 6.22. The number of aromatic nitrogens is 3. The molecule has 1 aliphatic rings. The van der Waals surface area contributed by atoms with E-state index in [1.165, 1.54) is 6.20 Å². The second-order valence-corrected chi connectivity index (χ2v) is 7.92. The average molecular weight is 450 g/mol. The number of nitrogens with zero attached hydrogens (tertiary/aromatic N) is 3. The summed E-state index contributed by atoms with van der Waals surface area (Å²) in [5.74, 6) is 6.12. The number of benzene rings is 1. The van der Waals surface area contributed by atoms with Gasteiger partial charge in [0.05, 0.1) is 17.3 Å². The van der Waals surface area contributed by atoms with Crippen molar-refractivity contribution in [1.82, 2.24) is 20.1 Å². The van der Waals surface area contributed by atoms with E-state index < -0.39 is 12.0 Å². The maximum atomic E-state index is 12.9. The minimum atomic E-state index is -1.07. The lowest BCUT2D eigenvalue weighted by Crippen LogP contribution is -2.45. The van der Waals surface area contributed by atoms with Gasteiger partial charge in [0.15, 0.2) is 0 Å². The van der Waals surface area contributed by atoms with E-state index in [2.05, 4.69) is 32.6 Å². The van der Waals surface area contributed by atoms with Crippen LogP contribution in [0.15, 0.2) is 48.8 Å². The van der Waals surface area contributed by atoms with Crippen molar-refractivity contribution in [2.24, 2.45) is 0 Å². The highest BCUT2D eigenvalue weighted by molar-refractivity contribution is 6.34. The highest BCUT2D eigenvalue weighted by Gasteiger charge is 2.35. The van der Waals surface area contributed by atoms with Crippen LogP contribution in [0.1, 0.15) is 46.1 Å². The third-order valence-corrected chi connectivity index (χ3v) is 5.46. The lowest BCUT2D eigenvalue weighted by atomic mass is 9.87. The maximum Gasteiger partial charge on any atom is 0.404 e. The highest BCUT2D eigenvalue weighted by atomic mass is 35.5. The molecule has 0 bridgehead atoms. The van der Waals surface area contributed by atoms with Gasteiger partial charge in [-0.25, -0.2) is 9.78 Å². The summed E-state index contributed by atoms with van der Waals surface area (Å²) in [6.07, 6.45) is 3.03. The number of halogens is 1. The maximum absolute atomic E-state index is 12.9. The average Bonchev–Trinajstić information content (AvgIpc) is 3.12. The Bertz CT molecular complexity index is 1220. The summed E-state index contributed by atoms with van der Waals surface area (Å²) in [5.41, 5.74) is 2.62. The van der Waals surface area contributed by atoms with Crippen LogP contribution in [0.2, 0.25) is 5.02 Å². The molecule has 0 atom stereocenters. The number of carboxylic acid groups (broad SMARTS) is 1. The molecule has 162 valence electrons. The molecule has 0 aliphatic heterocycles. The van der Waals surface area contributed by atoms with Crippen LogP contribution in [-0.4, -0.2) is 37.9 Å². The summed E-state index contributed by atoms with van der Waals surface area (Å²) in [6.45, 7) is 1.84. The quantitative estimate of drug-likeness (QED) is 0.524. The lowest BCUT2D eigenvalue weighted by Gasteiger charge is -2.35. The summed E-state index contributed by atoms with van der Waals surface area (Å²) in [7, 11) is 0. The van der Waals surface area contributed by atoms with Crippen molar-refractivity contribution < 1.29 is 14.7 Å². The fraction of sp³-hybridized carbons (Fsp3) is 0.217. The minimum Gasteiger partial charge on any atom is -0.465 e. The molecule has 3 N–H and O–H groups in total. The predicted octanol–water partition coefficient (Wildman–Crippen LogP) is 3.86. The van der Waals surface area contributed by atoms with Crippen molar-refractivity contribution >= 4 is 29.4 Å². The molecular weight excluding hydrogens is 430 g/mol. The van der Waals surface area contributed by atoms with Gasteiger partial charge in [-0.3, -0.25) is 9.48 Å². The molecule has 1 saturated carbocycles. The van der Waals surface area contributed by atoms with E-state index in [9.17, 15) is 9.59 Å². The zero-order valence-electron chi connectivity index (χ0n) is 17.2. The first kappa shape index (κ1) is 21.4. The van der Waals surface area contributed by atoms with Gasteiger partial charge in [-0.05, 0) is 43.5 Å². The molecule has 4 rings (SSSR count). The zero-order valence-corrected chi connectivity index (χ0v) is 17.9. The Morgan fingerprint density at radius 1 is 1.16 bits per heavy atom. The van der Waals surface area contributed by atoms with Crippen molar-refractivity contribution in [3.63, 3.8) is 0 Å². The van der Waals surface area contributed by atoms with Gasteiger partial charge >= 0.3 is 6.09 Å². The van der Waals surface area contributed by atoms with Gasteiger partial charge in [0, 0.05) is 23.4 Å². The van der Waals surface area contributed by atoms with E-state index in [-0.39, 0.29) is 22.8 Å². The van der Waals surface area contributed by atoms with Gasteiger partial charge in [-0.2, -0.15) is 5.10 Å². The summed E-state index contributed by atoms with van der Waals surface area (Å²) in [4.78, 5) is 28.0. The van der Waals surface area contributed by atoms with E-state index in [1.54, 1.807) is 10.9 Å². The van der Waals surface area contributed by atoms with Crippen LogP contribution in [0, 0.1) is 18.8 Å². The standard InChI is InChI=1S/C23H20ClN5O3/c1-14-9-16(8-7-15-5-3-2-4-6-15)12-25-21(14)28-22(30)20-19(24)13-26-29(20)18-10-17(11-18)27-23(31)32/h2-6,9,12-13,17-18,27H,10-11H2,1H3,(H,31,32)(H,25,28,30). The fourth-order valence-corrected chi connectivity index (χ4v) is 3.73. The Morgan fingerprint density at radius 3 is 2.56 bits per heavy atom. The summed E-state index contributed by atoms with van der Waals surface area (Å²) < 4.78 is 1.55. The molecule has 0 spiro atoms. The first-order chi connectivity index (χ1) is 15.4. The van der Waals surface area contributed by atoms with Crippen molar-refractivity contribution in [3.05, 3.63) is 76.2 Å². The third kappa shape index (κ3) is 4.74.